The second-order valence-corrected chi connectivity index (χ2v) is 4.37. The van der Waals surface area contributed by atoms with Crippen LogP contribution in [-0.4, -0.2) is 0 Å². The third-order valence-corrected chi connectivity index (χ3v) is 2.62. The third kappa shape index (κ3) is 15.0. The van der Waals surface area contributed by atoms with E-state index >= 15 is 0 Å². The van der Waals surface area contributed by atoms with E-state index in [1.54, 1.807) is 0 Å². The summed E-state index contributed by atoms with van der Waals surface area (Å²) in [5.74, 6) is 0. The number of allylic oxidation sites excluding steroid dienone is 16. The van der Waals surface area contributed by atoms with Crippen molar-refractivity contribution >= 4 is 0 Å². The molecule has 4 aliphatic rings. The summed E-state index contributed by atoms with van der Waals surface area (Å²) in [4.78, 5) is 0. The molecule has 0 radical (unpaired) electrons. The van der Waals surface area contributed by atoms with Crippen LogP contribution in [0.15, 0.2) is 97.2 Å². The summed E-state index contributed by atoms with van der Waals surface area (Å²) in [6.45, 7) is 0. The van der Waals surface area contributed by atoms with Crippen molar-refractivity contribution in [1.29, 1.82) is 0 Å². The number of hydrogen-bond donors (Lipinski definition) is 0. The van der Waals surface area contributed by atoms with E-state index in [0.717, 1.165) is 25.7 Å². The van der Waals surface area contributed by atoms with Crippen LogP contribution in [0.2, 0.25) is 0 Å². The monoisotopic (exact) mass is 354 g/mol. The van der Waals surface area contributed by atoms with E-state index in [1.807, 2.05) is 0 Å². The molecular formula is C20H24Zr. The van der Waals surface area contributed by atoms with Gasteiger partial charge in [0.2, 0.25) is 0 Å². The quantitative estimate of drug-likeness (QED) is 0.499. The fourth-order valence-electron chi connectivity index (χ4n) is 1.57. The second-order valence-electron chi connectivity index (χ2n) is 4.37. The van der Waals surface area contributed by atoms with Gasteiger partial charge in [-0.15, -0.1) is 0 Å². The molecule has 0 aromatic heterocycles. The van der Waals surface area contributed by atoms with Crippen LogP contribution in [0.5, 0.6) is 0 Å². The van der Waals surface area contributed by atoms with Gasteiger partial charge < -0.3 is 0 Å². The molecule has 21 heavy (non-hydrogen) atoms. The Hall–Kier alpha value is -1.20. The van der Waals surface area contributed by atoms with Crippen LogP contribution in [0.1, 0.15) is 25.7 Å². The number of hydrogen-bond acceptors (Lipinski definition) is 0. The molecule has 0 atom stereocenters. The third-order valence-electron chi connectivity index (χ3n) is 2.62. The zero-order chi connectivity index (χ0) is 14.1. The van der Waals surface area contributed by atoms with Gasteiger partial charge in [0.1, 0.15) is 0 Å². The molecule has 0 unspecified atom stereocenters. The van der Waals surface area contributed by atoms with Crippen molar-refractivity contribution < 1.29 is 26.2 Å². The summed E-state index contributed by atoms with van der Waals surface area (Å²) in [6.07, 6.45) is 38.0. The maximum atomic E-state index is 2.12. The van der Waals surface area contributed by atoms with Crippen molar-refractivity contribution in [3.63, 3.8) is 0 Å². The Labute approximate surface area is 148 Å². The molecule has 4 rings (SSSR count). The molecule has 0 fully saturated rings. The molecule has 4 aliphatic carbocycles. The van der Waals surface area contributed by atoms with E-state index in [-0.39, 0.29) is 26.2 Å². The molecule has 0 heterocycles. The van der Waals surface area contributed by atoms with Crippen LogP contribution < -0.4 is 0 Å². The smallest absolute Gasteiger partial charge is 0 e. The molecule has 0 amide bonds. The standard InChI is InChI=1S/4C5H6.Zr/c4*1-2-4-5-3-1;/h4*1-4H,5H2;. The molecule has 0 aromatic rings. The van der Waals surface area contributed by atoms with Crippen molar-refractivity contribution in [2.75, 3.05) is 0 Å². The summed E-state index contributed by atoms with van der Waals surface area (Å²) in [5, 5.41) is 0. The minimum Gasteiger partial charge on any atom is -0.0808 e. The summed E-state index contributed by atoms with van der Waals surface area (Å²) in [7, 11) is 0. The molecule has 0 spiro atoms. The molecule has 0 bridgehead atoms. The summed E-state index contributed by atoms with van der Waals surface area (Å²) >= 11 is 0. The van der Waals surface area contributed by atoms with E-state index in [2.05, 4.69) is 97.2 Å². The molecule has 0 aliphatic heterocycles. The fourth-order valence-corrected chi connectivity index (χ4v) is 1.57. The Kier molecular flexibility index (Phi) is 15.9. The average Bonchev–Trinajstić information content (AvgIpc) is 3.40. The van der Waals surface area contributed by atoms with Crippen molar-refractivity contribution in [3.05, 3.63) is 97.2 Å². The summed E-state index contributed by atoms with van der Waals surface area (Å²) in [6, 6.07) is 0. The molecule has 0 aromatic carbocycles. The Morgan fingerprint density at radius 3 is 0.476 bits per heavy atom. The largest absolute Gasteiger partial charge is 0.0808 e. The summed E-state index contributed by atoms with van der Waals surface area (Å²) in [5.41, 5.74) is 0. The Morgan fingerprint density at radius 1 is 0.286 bits per heavy atom. The second kappa shape index (κ2) is 16.9. The summed E-state index contributed by atoms with van der Waals surface area (Å²) < 4.78 is 0. The molecule has 0 N–H and O–H groups in total. The maximum Gasteiger partial charge on any atom is 0 e. The van der Waals surface area contributed by atoms with Gasteiger partial charge in [-0.1, -0.05) is 97.2 Å². The van der Waals surface area contributed by atoms with Gasteiger partial charge in [0.25, 0.3) is 0 Å². The van der Waals surface area contributed by atoms with Gasteiger partial charge in [0.05, 0.1) is 0 Å². The van der Waals surface area contributed by atoms with Crippen molar-refractivity contribution in [1.82, 2.24) is 0 Å². The fraction of sp³-hybridized carbons (Fsp3) is 0.200. The zero-order valence-corrected chi connectivity index (χ0v) is 15.0. The van der Waals surface area contributed by atoms with Gasteiger partial charge in [-0.3, -0.25) is 0 Å². The van der Waals surface area contributed by atoms with E-state index in [4.69, 9.17) is 0 Å². The normalized spacial score (nSPS) is 16.8. The van der Waals surface area contributed by atoms with Crippen LogP contribution in [0.4, 0.5) is 0 Å². The predicted molar refractivity (Wildman–Crippen MR) is 91.6 cm³/mol. The van der Waals surface area contributed by atoms with Gasteiger partial charge >= 0.3 is 0 Å². The van der Waals surface area contributed by atoms with Gasteiger partial charge in [-0.25, -0.2) is 0 Å². The first-order chi connectivity index (χ1) is 10.0. The molecule has 0 nitrogen and oxygen atoms in total. The zero-order valence-electron chi connectivity index (χ0n) is 12.6. The van der Waals surface area contributed by atoms with Gasteiger partial charge in [-0.05, 0) is 25.7 Å². The minimum atomic E-state index is 0. The van der Waals surface area contributed by atoms with Crippen LogP contribution in [0.3, 0.4) is 0 Å². The molecule has 1 heteroatoms. The van der Waals surface area contributed by atoms with E-state index in [1.165, 1.54) is 0 Å². The number of rotatable bonds is 0. The molecule has 0 saturated heterocycles. The van der Waals surface area contributed by atoms with Crippen LogP contribution >= 0.6 is 0 Å². The van der Waals surface area contributed by atoms with Crippen LogP contribution in [0.25, 0.3) is 0 Å². The van der Waals surface area contributed by atoms with E-state index in [0.29, 0.717) is 0 Å². The van der Waals surface area contributed by atoms with Gasteiger partial charge in [-0.2, -0.15) is 0 Å². The SMILES string of the molecule is C1=CCC=C1.C1=CCC=C1.C1=CCC=C1.C1=CCC=C1.[Zr]. The first kappa shape index (κ1) is 19.8. The molecule has 0 saturated carbocycles. The topological polar surface area (TPSA) is 0 Å². The first-order valence-electron chi connectivity index (χ1n) is 7.27. The van der Waals surface area contributed by atoms with Crippen LogP contribution in [-0.2, 0) is 26.2 Å². The van der Waals surface area contributed by atoms with Gasteiger partial charge in [0.15, 0.2) is 0 Å². The molecule has 108 valence electrons. The molecular weight excluding hydrogens is 331 g/mol. The average molecular weight is 356 g/mol. The van der Waals surface area contributed by atoms with Crippen molar-refractivity contribution in [2.24, 2.45) is 0 Å². The first-order valence-corrected chi connectivity index (χ1v) is 7.27. The van der Waals surface area contributed by atoms with E-state index < -0.39 is 0 Å². The van der Waals surface area contributed by atoms with E-state index in [9.17, 15) is 0 Å². The predicted octanol–water partition coefficient (Wildman–Crippen LogP) is 6.01. The van der Waals surface area contributed by atoms with Gasteiger partial charge in [0, 0.05) is 26.2 Å². The Morgan fingerprint density at radius 2 is 0.429 bits per heavy atom. The minimum absolute atomic E-state index is 0. The van der Waals surface area contributed by atoms with Crippen molar-refractivity contribution in [3.8, 4) is 0 Å². The van der Waals surface area contributed by atoms with Crippen molar-refractivity contribution in [2.45, 2.75) is 25.7 Å². The Bertz CT molecular complexity index is 326. The van der Waals surface area contributed by atoms with Crippen LogP contribution in [0, 0.1) is 0 Å². The Balaban J connectivity index is 0.000000250. The maximum absolute atomic E-state index is 2.12.